The monoisotopic (exact) mass is 395 g/mol. The van der Waals surface area contributed by atoms with Crippen molar-refractivity contribution in [2.24, 2.45) is 0 Å². The maximum absolute atomic E-state index is 12.9. The predicted octanol–water partition coefficient (Wildman–Crippen LogP) is 3.62. The number of nitrogens with one attached hydrogen (secondary N) is 1. The number of anilines is 2. The Morgan fingerprint density at radius 1 is 1.14 bits per heavy atom. The molecule has 0 aliphatic carbocycles. The standard InChI is InChI=1S/C21H25N5OS/c1-13-11-14(2)23-21-18(13)15(3)19(28-21)20(27)24-16-5-6-17(22-12-16)26-9-7-25(4)8-10-26/h5-6,11-12H,7-10H2,1-4H3,(H,24,27). The van der Waals surface area contributed by atoms with E-state index in [0.717, 1.165) is 59.0 Å². The first kappa shape index (κ1) is 18.8. The van der Waals surface area contributed by atoms with Crippen molar-refractivity contribution < 1.29 is 4.79 Å². The Balaban J connectivity index is 1.52. The molecule has 3 aromatic heterocycles. The van der Waals surface area contributed by atoms with Crippen LogP contribution < -0.4 is 10.2 Å². The number of likely N-dealkylation sites (N-methyl/N-ethyl adjacent to an activating group) is 1. The molecule has 0 bridgehead atoms. The lowest BCUT2D eigenvalue weighted by Crippen LogP contribution is -2.44. The summed E-state index contributed by atoms with van der Waals surface area (Å²) in [6, 6.07) is 5.97. The molecule has 0 saturated carbocycles. The molecule has 4 rings (SSSR count). The first-order valence-electron chi connectivity index (χ1n) is 9.50. The number of hydrogen-bond acceptors (Lipinski definition) is 6. The Kier molecular flexibility index (Phi) is 5.03. The zero-order chi connectivity index (χ0) is 19.8. The normalized spacial score (nSPS) is 15.2. The second-order valence-electron chi connectivity index (χ2n) is 7.47. The van der Waals surface area contributed by atoms with Gasteiger partial charge >= 0.3 is 0 Å². The summed E-state index contributed by atoms with van der Waals surface area (Å²) < 4.78 is 0. The number of carbonyl (C=O) groups is 1. The fourth-order valence-electron chi connectivity index (χ4n) is 3.71. The minimum Gasteiger partial charge on any atom is -0.354 e. The van der Waals surface area contributed by atoms with E-state index in [9.17, 15) is 4.79 Å². The van der Waals surface area contributed by atoms with Crippen molar-refractivity contribution in [1.82, 2.24) is 14.9 Å². The minimum absolute atomic E-state index is 0.105. The zero-order valence-corrected chi connectivity index (χ0v) is 17.6. The smallest absolute Gasteiger partial charge is 0.266 e. The molecule has 0 atom stereocenters. The third-order valence-electron chi connectivity index (χ3n) is 5.27. The highest BCUT2D eigenvalue weighted by Gasteiger charge is 2.19. The summed E-state index contributed by atoms with van der Waals surface area (Å²) in [5.41, 5.74) is 3.83. The van der Waals surface area contributed by atoms with Gasteiger partial charge in [0.25, 0.3) is 5.91 Å². The summed E-state index contributed by atoms with van der Waals surface area (Å²) in [4.78, 5) is 28.2. The average Bonchev–Trinajstić information content (AvgIpc) is 3.00. The van der Waals surface area contributed by atoms with Gasteiger partial charge in [-0.3, -0.25) is 4.79 Å². The molecule has 146 valence electrons. The second-order valence-corrected chi connectivity index (χ2v) is 8.47. The van der Waals surface area contributed by atoms with Crippen LogP contribution in [0.25, 0.3) is 10.2 Å². The van der Waals surface area contributed by atoms with Crippen molar-refractivity contribution in [2.75, 3.05) is 43.4 Å². The Hall–Kier alpha value is -2.51. The second kappa shape index (κ2) is 7.48. The van der Waals surface area contributed by atoms with Gasteiger partial charge in [-0.25, -0.2) is 9.97 Å². The fraction of sp³-hybridized carbons (Fsp3) is 0.381. The summed E-state index contributed by atoms with van der Waals surface area (Å²) in [7, 11) is 2.14. The molecule has 1 saturated heterocycles. The van der Waals surface area contributed by atoms with Crippen LogP contribution in [-0.2, 0) is 0 Å². The maximum atomic E-state index is 12.9. The van der Waals surface area contributed by atoms with Crippen LogP contribution in [0.15, 0.2) is 24.4 Å². The fourth-order valence-corrected chi connectivity index (χ4v) is 4.90. The summed E-state index contributed by atoms with van der Waals surface area (Å²) in [5.74, 6) is 0.853. The number of fused-ring (bicyclic) bond motifs is 1. The van der Waals surface area contributed by atoms with Gasteiger partial charge in [0.1, 0.15) is 10.6 Å². The first-order valence-corrected chi connectivity index (χ1v) is 10.3. The molecule has 0 unspecified atom stereocenters. The highest BCUT2D eigenvalue weighted by Crippen LogP contribution is 2.32. The van der Waals surface area contributed by atoms with Crippen LogP contribution in [0.4, 0.5) is 11.5 Å². The van der Waals surface area contributed by atoms with Crippen molar-refractivity contribution in [3.05, 3.63) is 46.1 Å². The molecular formula is C21H25N5OS. The molecule has 1 aliphatic rings. The molecule has 4 heterocycles. The first-order chi connectivity index (χ1) is 13.4. The Morgan fingerprint density at radius 2 is 1.89 bits per heavy atom. The number of thiophene rings is 1. The quantitative estimate of drug-likeness (QED) is 0.734. The molecule has 1 N–H and O–H groups in total. The third-order valence-corrected chi connectivity index (χ3v) is 6.45. The van der Waals surface area contributed by atoms with Crippen LogP contribution >= 0.6 is 11.3 Å². The number of hydrogen-bond donors (Lipinski definition) is 1. The molecular weight excluding hydrogens is 370 g/mol. The molecule has 0 spiro atoms. The van der Waals surface area contributed by atoms with Crippen LogP contribution in [-0.4, -0.2) is 54.0 Å². The summed E-state index contributed by atoms with van der Waals surface area (Å²) in [6.45, 7) is 10.1. The van der Waals surface area contributed by atoms with Gasteiger partial charge in [0.15, 0.2) is 0 Å². The number of amides is 1. The Labute approximate surface area is 169 Å². The molecule has 1 amide bonds. The third kappa shape index (κ3) is 3.59. The van der Waals surface area contributed by atoms with Crippen molar-refractivity contribution in [3.8, 4) is 0 Å². The lowest BCUT2D eigenvalue weighted by atomic mass is 10.1. The van der Waals surface area contributed by atoms with Gasteiger partial charge in [-0.15, -0.1) is 11.3 Å². The molecule has 0 radical (unpaired) electrons. The number of pyridine rings is 2. The highest BCUT2D eigenvalue weighted by molar-refractivity contribution is 7.20. The average molecular weight is 396 g/mol. The van der Waals surface area contributed by atoms with Crippen LogP contribution in [0.5, 0.6) is 0 Å². The summed E-state index contributed by atoms with van der Waals surface area (Å²) >= 11 is 1.45. The van der Waals surface area contributed by atoms with Gasteiger partial charge in [0.2, 0.25) is 0 Å². The van der Waals surface area contributed by atoms with Crippen molar-refractivity contribution in [3.63, 3.8) is 0 Å². The largest absolute Gasteiger partial charge is 0.354 e. The van der Waals surface area contributed by atoms with E-state index in [0.29, 0.717) is 10.6 Å². The Morgan fingerprint density at radius 3 is 2.57 bits per heavy atom. The van der Waals surface area contributed by atoms with Crippen molar-refractivity contribution in [1.29, 1.82) is 0 Å². The summed E-state index contributed by atoms with van der Waals surface area (Å²) in [6.07, 6.45) is 1.74. The SMILES string of the molecule is Cc1cc(C)c2c(C)c(C(=O)Nc3ccc(N4CCN(C)CC4)nc3)sc2n1. The Bertz CT molecular complexity index is 1020. The minimum atomic E-state index is -0.105. The van der Waals surface area contributed by atoms with Gasteiger partial charge in [-0.2, -0.15) is 0 Å². The van der Waals surface area contributed by atoms with Crippen LogP contribution in [0.1, 0.15) is 26.5 Å². The van der Waals surface area contributed by atoms with Crippen molar-refractivity contribution >= 4 is 39.0 Å². The lowest BCUT2D eigenvalue weighted by Gasteiger charge is -2.33. The van der Waals surface area contributed by atoms with E-state index in [1.54, 1.807) is 6.20 Å². The van der Waals surface area contributed by atoms with E-state index in [1.165, 1.54) is 11.3 Å². The van der Waals surface area contributed by atoms with E-state index in [2.05, 4.69) is 45.1 Å². The molecule has 1 fully saturated rings. The van der Waals surface area contributed by atoms with Crippen LogP contribution in [0, 0.1) is 20.8 Å². The van der Waals surface area contributed by atoms with Crippen LogP contribution in [0.3, 0.4) is 0 Å². The van der Waals surface area contributed by atoms with E-state index < -0.39 is 0 Å². The molecule has 3 aromatic rings. The van der Waals surface area contributed by atoms with E-state index in [1.807, 2.05) is 26.0 Å². The van der Waals surface area contributed by atoms with Crippen molar-refractivity contribution in [2.45, 2.75) is 20.8 Å². The number of aryl methyl sites for hydroxylation is 3. The van der Waals surface area contributed by atoms with Gasteiger partial charge in [0.05, 0.1) is 16.8 Å². The van der Waals surface area contributed by atoms with Gasteiger partial charge in [-0.05, 0) is 57.1 Å². The van der Waals surface area contributed by atoms with E-state index in [4.69, 9.17) is 0 Å². The maximum Gasteiger partial charge on any atom is 0.266 e. The molecule has 7 heteroatoms. The van der Waals surface area contributed by atoms with Gasteiger partial charge in [-0.1, -0.05) is 0 Å². The molecule has 1 aliphatic heterocycles. The molecule has 28 heavy (non-hydrogen) atoms. The number of piperazine rings is 1. The number of carbonyl (C=O) groups excluding carboxylic acids is 1. The number of nitrogens with zero attached hydrogens (tertiary/aromatic N) is 4. The summed E-state index contributed by atoms with van der Waals surface area (Å²) in [5, 5.41) is 4.07. The van der Waals surface area contributed by atoms with E-state index in [-0.39, 0.29) is 5.91 Å². The van der Waals surface area contributed by atoms with Gasteiger partial charge in [0, 0.05) is 37.3 Å². The van der Waals surface area contributed by atoms with Gasteiger partial charge < -0.3 is 15.1 Å². The van der Waals surface area contributed by atoms with Crippen LogP contribution in [0.2, 0.25) is 0 Å². The lowest BCUT2D eigenvalue weighted by molar-refractivity contribution is 0.103. The highest BCUT2D eigenvalue weighted by atomic mass is 32.1. The van der Waals surface area contributed by atoms with E-state index >= 15 is 0 Å². The predicted molar refractivity (Wildman–Crippen MR) is 116 cm³/mol. The molecule has 0 aromatic carbocycles. The number of aromatic nitrogens is 2. The number of rotatable bonds is 3. The topological polar surface area (TPSA) is 61.4 Å². The molecule has 6 nitrogen and oxygen atoms in total. The zero-order valence-electron chi connectivity index (χ0n) is 16.7.